The van der Waals surface area contributed by atoms with Crippen LogP contribution in [0.2, 0.25) is 0 Å². The number of rotatable bonds is 5. The van der Waals surface area contributed by atoms with Crippen molar-refractivity contribution in [1.82, 2.24) is 14.8 Å². The summed E-state index contributed by atoms with van der Waals surface area (Å²) < 4.78 is 1.64. The molecular weight excluding hydrogens is 232 g/mol. The van der Waals surface area contributed by atoms with E-state index in [2.05, 4.69) is 15.4 Å². The van der Waals surface area contributed by atoms with Gasteiger partial charge in [-0.1, -0.05) is 6.92 Å². The van der Waals surface area contributed by atoms with Gasteiger partial charge in [0.05, 0.1) is 11.9 Å². The van der Waals surface area contributed by atoms with E-state index in [4.69, 9.17) is 5.11 Å². The summed E-state index contributed by atoms with van der Waals surface area (Å²) in [5.74, 6) is -0.178. The standard InChI is InChI=1S/C12H14N4O2/c1-2-10(12(17)18)15-9-4-5-11(13-8-9)16-7-3-6-14-16/h3-8,10,15H,2H2,1H3,(H,17,18). The number of anilines is 1. The summed E-state index contributed by atoms with van der Waals surface area (Å²) >= 11 is 0. The molecule has 2 heterocycles. The molecule has 0 radical (unpaired) electrons. The van der Waals surface area contributed by atoms with Crippen LogP contribution in [-0.4, -0.2) is 31.9 Å². The average Bonchev–Trinajstić information content (AvgIpc) is 2.90. The van der Waals surface area contributed by atoms with Crippen molar-refractivity contribution in [3.05, 3.63) is 36.8 Å². The van der Waals surface area contributed by atoms with Gasteiger partial charge in [-0.25, -0.2) is 14.5 Å². The normalized spacial score (nSPS) is 12.1. The maximum atomic E-state index is 10.9. The highest BCUT2D eigenvalue weighted by atomic mass is 16.4. The number of hydrogen-bond acceptors (Lipinski definition) is 4. The van der Waals surface area contributed by atoms with E-state index < -0.39 is 12.0 Å². The van der Waals surface area contributed by atoms with Crippen molar-refractivity contribution in [1.29, 1.82) is 0 Å². The van der Waals surface area contributed by atoms with Crippen LogP contribution in [0, 0.1) is 0 Å². The third-order valence-corrected chi connectivity index (χ3v) is 2.53. The molecule has 1 atom stereocenters. The van der Waals surface area contributed by atoms with Gasteiger partial charge in [0.1, 0.15) is 6.04 Å². The Morgan fingerprint density at radius 3 is 2.89 bits per heavy atom. The summed E-state index contributed by atoms with van der Waals surface area (Å²) in [5.41, 5.74) is 0.681. The Labute approximate surface area is 104 Å². The summed E-state index contributed by atoms with van der Waals surface area (Å²) in [4.78, 5) is 15.1. The van der Waals surface area contributed by atoms with Gasteiger partial charge in [0.25, 0.3) is 0 Å². The lowest BCUT2D eigenvalue weighted by molar-refractivity contribution is -0.137. The Morgan fingerprint density at radius 2 is 2.39 bits per heavy atom. The van der Waals surface area contributed by atoms with E-state index >= 15 is 0 Å². The van der Waals surface area contributed by atoms with Gasteiger partial charge in [-0.05, 0) is 24.6 Å². The predicted molar refractivity (Wildman–Crippen MR) is 66.7 cm³/mol. The van der Waals surface area contributed by atoms with Gasteiger partial charge >= 0.3 is 5.97 Å². The molecule has 0 saturated heterocycles. The van der Waals surface area contributed by atoms with Crippen molar-refractivity contribution in [3.8, 4) is 5.82 Å². The molecule has 2 rings (SSSR count). The molecule has 0 aliphatic rings. The highest BCUT2D eigenvalue weighted by Crippen LogP contribution is 2.11. The van der Waals surface area contributed by atoms with E-state index in [-0.39, 0.29) is 0 Å². The molecule has 6 heteroatoms. The Hall–Kier alpha value is -2.37. The first-order valence-electron chi connectivity index (χ1n) is 5.66. The molecule has 0 bridgehead atoms. The van der Waals surface area contributed by atoms with Crippen molar-refractivity contribution in [2.45, 2.75) is 19.4 Å². The van der Waals surface area contributed by atoms with Crippen LogP contribution in [0.5, 0.6) is 0 Å². The van der Waals surface area contributed by atoms with Crippen LogP contribution >= 0.6 is 0 Å². The third-order valence-electron chi connectivity index (χ3n) is 2.53. The molecule has 0 aliphatic heterocycles. The first-order chi connectivity index (χ1) is 8.70. The van der Waals surface area contributed by atoms with Gasteiger partial charge in [-0.15, -0.1) is 0 Å². The SMILES string of the molecule is CCC(Nc1ccc(-n2cccn2)nc1)C(=O)O. The molecule has 0 aliphatic carbocycles. The third kappa shape index (κ3) is 2.65. The molecule has 0 fully saturated rings. The minimum Gasteiger partial charge on any atom is -0.480 e. The van der Waals surface area contributed by atoms with Crippen molar-refractivity contribution >= 4 is 11.7 Å². The molecule has 0 aromatic carbocycles. The Kier molecular flexibility index (Phi) is 3.57. The van der Waals surface area contributed by atoms with E-state index in [0.29, 0.717) is 17.9 Å². The summed E-state index contributed by atoms with van der Waals surface area (Å²) in [6, 6.07) is 4.78. The molecule has 94 valence electrons. The van der Waals surface area contributed by atoms with Crippen LogP contribution in [0.1, 0.15) is 13.3 Å². The van der Waals surface area contributed by atoms with Crippen LogP contribution in [-0.2, 0) is 4.79 Å². The smallest absolute Gasteiger partial charge is 0.326 e. The van der Waals surface area contributed by atoms with E-state index in [1.165, 1.54) is 0 Å². The number of aromatic nitrogens is 3. The van der Waals surface area contributed by atoms with Crippen molar-refractivity contribution in [2.24, 2.45) is 0 Å². The Bertz CT molecular complexity index is 507. The van der Waals surface area contributed by atoms with Gasteiger partial charge in [0.2, 0.25) is 0 Å². The van der Waals surface area contributed by atoms with Crippen LogP contribution in [0.4, 0.5) is 5.69 Å². The van der Waals surface area contributed by atoms with Crippen LogP contribution in [0.15, 0.2) is 36.8 Å². The maximum Gasteiger partial charge on any atom is 0.326 e. The number of carboxylic acids is 1. The second kappa shape index (κ2) is 5.31. The average molecular weight is 246 g/mol. The van der Waals surface area contributed by atoms with Crippen molar-refractivity contribution in [3.63, 3.8) is 0 Å². The van der Waals surface area contributed by atoms with Gasteiger partial charge < -0.3 is 10.4 Å². The summed E-state index contributed by atoms with van der Waals surface area (Å²) in [6.45, 7) is 1.82. The van der Waals surface area contributed by atoms with Crippen LogP contribution < -0.4 is 5.32 Å². The molecule has 0 amide bonds. The minimum absolute atomic E-state index is 0.510. The van der Waals surface area contributed by atoms with E-state index in [0.717, 1.165) is 0 Å². The first-order valence-corrected chi connectivity index (χ1v) is 5.66. The molecule has 0 spiro atoms. The maximum absolute atomic E-state index is 10.9. The number of carbonyl (C=O) groups is 1. The Balaban J connectivity index is 2.10. The van der Waals surface area contributed by atoms with E-state index in [9.17, 15) is 4.79 Å². The molecule has 2 aromatic heterocycles. The number of nitrogens with one attached hydrogen (secondary N) is 1. The largest absolute Gasteiger partial charge is 0.480 e. The van der Waals surface area contributed by atoms with Gasteiger partial charge in [-0.3, -0.25) is 0 Å². The predicted octanol–water partition coefficient (Wildman–Crippen LogP) is 1.54. The van der Waals surface area contributed by atoms with E-state index in [1.807, 2.05) is 13.0 Å². The fourth-order valence-corrected chi connectivity index (χ4v) is 1.55. The zero-order chi connectivity index (χ0) is 13.0. The first kappa shape index (κ1) is 12.1. The van der Waals surface area contributed by atoms with Gasteiger partial charge in [0, 0.05) is 12.4 Å². The van der Waals surface area contributed by atoms with E-state index in [1.54, 1.807) is 35.4 Å². The van der Waals surface area contributed by atoms with Gasteiger partial charge in [0.15, 0.2) is 5.82 Å². The molecule has 0 saturated carbocycles. The zero-order valence-electron chi connectivity index (χ0n) is 9.95. The molecule has 2 aromatic rings. The van der Waals surface area contributed by atoms with Crippen molar-refractivity contribution in [2.75, 3.05) is 5.32 Å². The highest BCUT2D eigenvalue weighted by Gasteiger charge is 2.14. The fraction of sp³-hybridized carbons (Fsp3) is 0.250. The summed E-state index contributed by atoms with van der Waals surface area (Å²) in [5, 5.41) is 15.9. The molecule has 2 N–H and O–H groups in total. The number of aliphatic carboxylic acids is 1. The number of hydrogen-bond donors (Lipinski definition) is 2. The number of pyridine rings is 1. The lowest BCUT2D eigenvalue weighted by Gasteiger charge is -2.13. The monoisotopic (exact) mass is 246 g/mol. The molecule has 6 nitrogen and oxygen atoms in total. The topological polar surface area (TPSA) is 80.0 Å². The minimum atomic E-state index is -0.867. The summed E-state index contributed by atoms with van der Waals surface area (Å²) in [7, 11) is 0. The highest BCUT2D eigenvalue weighted by molar-refractivity contribution is 5.77. The molecular formula is C12H14N4O2. The van der Waals surface area contributed by atoms with Crippen LogP contribution in [0.25, 0.3) is 5.82 Å². The van der Waals surface area contributed by atoms with Gasteiger partial charge in [-0.2, -0.15) is 5.10 Å². The fourth-order valence-electron chi connectivity index (χ4n) is 1.55. The second-order valence-corrected chi connectivity index (χ2v) is 3.80. The molecule has 1 unspecified atom stereocenters. The lowest BCUT2D eigenvalue weighted by Crippen LogP contribution is -2.28. The number of nitrogens with zero attached hydrogens (tertiary/aromatic N) is 3. The second-order valence-electron chi connectivity index (χ2n) is 3.80. The summed E-state index contributed by atoms with van der Waals surface area (Å²) in [6.07, 6.45) is 5.58. The Morgan fingerprint density at radius 1 is 1.56 bits per heavy atom. The number of carboxylic acid groups (broad SMARTS) is 1. The van der Waals surface area contributed by atoms with Crippen molar-refractivity contribution < 1.29 is 9.90 Å². The quantitative estimate of drug-likeness (QED) is 0.836. The zero-order valence-corrected chi connectivity index (χ0v) is 9.95. The lowest BCUT2D eigenvalue weighted by atomic mass is 10.2. The molecule has 18 heavy (non-hydrogen) atoms. The van der Waals surface area contributed by atoms with Crippen LogP contribution in [0.3, 0.4) is 0 Å².